The second-order valence-electron chi connectivity index (χ2n) is 3.55. The molecule has 1 atom stereocenters. The molecule has 60 valence electrons. The Morgan fingerprint density at radius 3 is 1.80 bits per heavy atom. The first-order chi connectivity index (χ1) is 4.27. The minimum Gasteiger partial charge on any atom is -0.390 e. The first kappa shape index (κ1) is 9.66. The van der Waals surface area contributed by atoms with Crippen molar-refractivity contribution in [2.75, 3.05) is 0 Å². The fourth-order valence-electron chi connectivity index (χ4n) is 0.948. The molecule has 0 fully saturated rings. The van der Waals surface area contributed by atoms with Gasteiger partial charge < -0.3 is 10.2 Å². The van der Waals surface area contributed by atoms with Crippen LogP contribution in [-0.2, 0) is 0 Å². The van der Waals surface area contributed by atoms with E-state index in [0.29, 0.717) is 6.42 Å². The van der Waals surface area contributed by atoms with Crippen LogP contribution in [-0.4, -0.2) is 21.4 Å². The quantitative estimate of drug-likeness (QED) is 0.582. The first-order valence-electron chi connectivity index (χ1n) is 3.35. The van der Waals surface area contributed by atoms with Gasteiger partial charge in [0.2, 0.25) is 0 Å². The van der Waals surface area contributed by atoms with Gasteiger partial charge in [-0.25, -0.2) is 0 Å². The minimum atomic E-state index is -0.960. The van der Waals surface area contributed by atoms with Crippen molar-refractivity contribution in [1.82, 2.24) is 0 Å². The summed E-state index contributed by atoms with van der Waals surface area (Å²) >= 11 is 0. The highest BCUT2D eigenvalue weighted by Crippen LogP contribution is 2.19. The minimum absolute atomic E-state index is 0.309. The highest BCUT2D eigenvalue weighted by atomic mass is 16.3. The molecule has 0 aromatic rings. The molecule has 2 N–H and O–H groups in total. The van der Waals surface area contributed by atoms with E-state index in [-0.39, 0.29) is 0 Å². The molecule has 0 aliphatic heterocycles. The van der Waals surface area contributed by atoms with Gasteiger partial charge in [0, 0.05) is 6.42 Å². The molecule has 2 heteroatoms. The van der Waals surface area contributed by atoms with Crippen LogP contribution in [0.15, 0.2) is 12.7 Å². The molecule has 0 heterocycles. The van der Waals surface area contributed by atoms with E-state index in [1.165, 1.54) is 6.08 Å². The van der Waals surface area contributed by atoms with E-state index in [2.05, 4.69) is 6.58 Å². The predicted octanol–water partition coefficient (Wildman–Crippen LogP) is 1.08. The first-order valence-corrected chi connectivity index (χ1v) is 3.35. The Bertz CT molecular complexity index is 120. The van der Waals surface area contributed by atoms with Crippen molar-refractivity contribution in [1.29, 1.82) is 0 Å². The Labute approximate surface area is 62.2 Å². The maximum atomic E-state index is 9.38. The molecule has 0 spiro atoms. The lowest BCUT2D eigenvalue weighted by atomic mass is 9.91. The summed E-state index contributed by atoms with van der Waals surface area (Å²) in [7, 11) is 0. The molecule has 0 aliphatic carbocycles. The molecule has 0 rings (SSSR count). The van der Waals surface area contributed by atoms with Gasteiger partial charge in [0.15, 0.2) is 0 Å². The standard InChI is InChI=1S/C8H16O2/c1-5-8(4,10)6-7(2,3)9/h5,9-10H,1,6H2,2-4H3. The summed E-state index contributed by atoms with van der Waals surface area (Å²) in [6.45, 7) is 8.39. The predicted molar refractivity (Wildman–Crippen MR) is 41.7 cm³/mol. The van der Waals surface area contributed by atoms with Crippen LogP contribution < -0.4 is 0 Å². The summed E-state index contributed by atoms with van der Waals surface area (Å²) in [6.07, 6.45) is 1.74. The molecular weight excluding hydrogens is 128 g/mol. The maximum Gasteiger partial charge on any atom is 0.0824 e. The lowest BCUT2D eigenvalue weighted by Crippen LogP contribution is -2.33. The highest BCUT2D eigenvalue weighted by Gasteiger charge is 2.25. The van der Waals surface area contributed by atoms with Crippen molar-refractivity contribution in [3.05, 3.63) is 12.7 Å². The van der Waals surface area contributed by atoms with Crippen molar-refractivity contribution in [3.8, 4) is 0 Å². The third-order valence-electron chi connectivity index (χ3n) is 1.23. The van der Waals surface area contributed by atoms with Crippen LogP contribution in [0.3, 0.4) is 0 Å². The van der Waals surface area contributed by atoms with Gasteiger partial charge in [0.1, 0.15) is 0 Å². The van der Waals surface area contributed by atoms with E-state index in [0.717, 1.165) is 0 Å². The lowest BCUT2D eigenvalue weighted by Gasteiger charge is -2.26. The van der Waals surface area contributed by atoms with E-state index in [4.69, 9.17) is 0 Å². The number of hydrogen-bond acceptors (Lipinski definition) is 2. The zero-order valence-electron chi connectivity index (χ0n) is 6.89. The van der Waals surface area contributed by atoms with Gasteiger partial charge in [-0.2, -0.15) is 0 Å². The van der Waals surface area contributed by atoms with Crippen LogP contribution >= 0.6 is 0 Å². The summed E-state index contributed by atoms with van der Waals surface area (Å²) in [5, 5.41) is 18.7. The van der Waals surface area contributed by atoms with Gasteiger partial charge in [0.25, 0.3) is 0 Å². The largest absolute Gasteiger partial charge is 0.390 e. The van der Waals surface area contributed by atoms with E-state index < -0.39 is 11.2 Å². The Morgan fingerprint density at radius 2 is 1.70 bits per heavy atom. The average molecular weight is 144 g/mol. The Kier molecular flexibility index (Phi) is 2.63. The highest BCUT2D eigenvalue weighted by molar-refractivity contribution is 4.95. The molecule has 0 aromatic heterocycles. The Morgan fingerprint density at radius 1 is 1.30 bits per heavy atom. The molecule has 0 saturated carbocycles. The summed E-state index contributed by atoms with van der Waals surface area (Å²) in [5.74, 6) is 0. The van der Waals surface area contributed by atoms with E-state index in [9.17, 15) is 10.2 Å². The van der Waals surface area contributed by atoms with Crippen LogP contribution in [0.1, 0.15) is 27.2 Å². The van der Waals surface area contributed by atoms with Crippen molar-refractivity contribution in [2.45, 2.75) is 38.4 Å². The summed E-state index contributed by atoms with van der Waals surface area (Å²) in [6, 6.07) is 0. The molecule has 0 radical (unpaired) electrons. The van der Waals surface area contributed by atoms with Gasteiger partial charge in [0.05, 0.1) is 11.2 Å². The summed E-state index contributed by atoms with van der Waals surface area (Å²) in [5.41, 5.74) is -1.80. The zero-order chi connectivity index (χ0) is 8.41. The van der Waals surface area contributed by atoms with Crippen LogP contribution in [0.5, 0.6) is 0 Å². The second kappa shape index (κ2) is 2.72. The SMILES string of the molecule is C=CC(C)(O)CC(C)(C)O. The van der Waals surface area contributed by atoms with Crippen LogP contribution in [0.2, 0.25) is 0 Å². The third-order valence-corrected chi connectivity index (χ3v) is 1.23. The van der Waals surface area contributed by atoms with E-state index in [1.54, 1.807) is 20.8 Å². The van der Waals surface area contributed by atoms with E-state index >= 15 is 0 Å². The van der Waals surface area contributed by atoms with Crippen LogP contribution in [0.25, 0.3) is 0 Å². The Hall–Kier alpha value is -0.340. The zero-order valence-corrected chi connectivity index (χ0v) is 6.89. The molecule has 1 unspecified atom stereocenters. The monoisotopic (exact) mass is 144 g/mol. The number of aliphatic hydroxyl groups is 2. The molecular formula is C8H16O2. The third kappa shape index (κ3) is 4.53. The van der Waals surface area contributed by atoms with Crippen molar-refractivity contribution >= 4 is 0 Å². The lowest BCUT2D eigenvalue weighted by molar-refractivity contribution is -0.00879. The topological polar surface area (TPSA) is 40.5 Å². The molecule has 10 heavy (non-hydrogen) atoms. The molecule has 0 bridgehead atoms. The van der Waals surface area contributed by atoms with Gasteiger partial charge >= 0.3 is 0 Å². The van der Waals surface area contributed by atoms with Gasteiger partial charge in [-0.1, -0.05) is 6.08 Å². The molecule has 0 amide bonds. The van der Waals surface area contributed by atoms with Gasteiger partial charge in [-0.05, 0) is 20.8 Å². The normalized spacial score (nSPS) is 18.1. The second-order valence-corrected chi connectivity index (χ2v) is 3.55. The summed E-state index contributed by atoms with van der Waals surface area (Å²) in [4.78, 5) is 0. The smallest absolute Gasteiger partial charge is 0.0824 e. The number of rotatable bonds is 3. The number of hydrogen-bond donors (Lipinski definition) is 2. The van der Waals surface area contributed by atoms with Crippen molar-refractivity contribution < 1.29 is 10.2 Å². The molecule has 2 nitrogen and oxygen atoms in total. The maximum absolute atomic E-state index is 9.38. The van der Waals surface area contributed by atoms with Crippen molar-refractivity contribution in [3.63, 3.8) is 0 Å². The van der Waals surface area contributed by atoms with E-state index in [1.807, 2.05) is 0 Å². The fraction of sp³-hybridized carbons (Fsp3) is 0.750. The molecule has 0 saturated heterocycles. The molecule has 0 aromatic carbocycles. The van der Waals surface area contributed by atoms with Crippen molar-refractivity contribution in [2.24, 2.45) is 0 Å². The molecule has 0 aliphatic rings. The summed E-state index contributed by atoms with van der Waals surface area (Å²) < 4.78 is 0. The van der Waals surface area contributed by atoms with Gasteiger partial charge in [-0.3, -0.25) is 0 Å². The van der Waals surface area contributed by atoms with Gasteiger partial charge in [-0.15, -0.1) is 6.58 Å². The van der Waals surface area contributed by atoms with Crippen LogP contribution in [0, 0.1) is 0 Å². The van der Waals surface area contributed by atoms with Crippen LogP contribution in [0.4, 0.5) is 0 Å². The fourth-order valence-corrected chi connectivity index (χ4v) is 0.948. The average Bonchev–Trinajstić information content (AvgIpc) is 1.60. The Balaban J connectivity index is 4.01.